The summed E-state index contributed by atoms with van der Waals surface area (Å²) in [6.07, 6.45) is -4.17. The van der Waals surface area contributed by atoms with Crippen LogP contribution in [0.4, 0.5) is 18.9 Å². The number of hydrogen-bond donors (Lipinski definition) is 1. The highest BCUT2D eigenvalue weighted by Gasteiger charge is 2.34. The van der Waals surface area contributed by atoms with Crippen molar-refractivity contribution in [1.29, 1.82) is 0 Å². The molecule has 0 spiro atoms. The van der Waals surface area contributed by atoms with Crippen LogP contribution in [-0.4, -0.2) is 16.9 Å². The SMILES string of the molecule is CCC(C)NC(=O)c1cc(C(F)(F)F)cc([N+](=O)[O-])c1C. The van der Waals surface area contributed by atoms with E-state index >= 15 is 0 Å². The van der Waals surface area contributed by atoms with Crippen LogP contribution in [0.25, 0.3) is 0 Å². The van der Waals surface area contributed by atoms with Gasteiger partial charge in [-0.2, -0.15) is 13.2 Å². The van der Waals surface area contributed by atoms with E-state index in [0.717, 1.165) is 0 Å². The summed E-state index contributed by atoms with van der Waals surface area (Å²) in [4.78, 5) is 21.9. The van der Waals surface area contributed by atoms with Crippen molar-refractivity contribution in [2.24, 2.45) is 0 Å². The predicted octanol–water partition coefficient (Wildman–Crippen LogP) is 3.45. The van der Waals surface area contributed by atoms with E-state index in [0.29, 0.717) is 18.6 Å². The molecular weight excluding hydrogens is 289 g/mol. The standard InChI is InChI=1S/C13H15F3N2O3/c1-4-7(2)17-12(19)10-5-9(13(14,15)16)6-11(8(10)3)18(20)21/h5-7H,4H2,1-3H3,(H,17,19). The lowest BCUT2D eigenvalue weighted by atomic mass is 10.0. The van der Waals surface area contributed by atoms with Crippen LogP contribution in [0, 0.1) is 17.0 Å². The van der Waals surface area contributed by atoms with Gasteiger partial charge in [-0.3, -0.25) is 14.9 Å². The first-order valence-corrected chi connectivity index (χ1v) is 6.25. The van der Waals surface area contributed by atoms with E-state index in [1.807, 2.05) is 0 Å². The number of nitro benzene ring substituents is 1. The molecule has 8 heteroatoms. The fourth-order valence-electron chi connectivity index (χ4n) is 1.69. The summed E-state index contributed by atoms with van der Waals surface area (Å²) in [7, 11) is 0. The van der Waals surface area contributed by atoms with Gasteiger partial charge in [0.1, 0.15) is 0 Å². The number of nitro groups is 1. The molecule has 1 N–H and O–H groups in total. The number of hydrogen-bond acceptors (Lipinski definition) is 3. The Bertz CT molecular complexity index is 571. The quantitative estimate of drug-likeness (QED) is 0.684. The van der Waals surface area contributed by atoms with Gasteiger partial charge in [-0.1, -0.05) is 6.92 Å². The number of nitrogens with zero attached hydrogens (tertiary/aromatic N) is 1. The first-order valence-electron chi connectivity index (χ1n) is 6.25. The molecule has 0 saturated heterocycles. The molecule has 1 rings (SSSR count). The minimum absolute atomic E-state index is 0.0891. The van der Waals surface area contributed by atoms with Crippen LogP contribution in [0.15, 0.2) is 12.1 Å². The highest BCUT2D eigenvalue weighted by molar-refractivity contribution is 5.97. The summed E-state index contributed by atoms with van der Waals surface area (Å²) in [5.74, 6) is -0.754. The van der Waals surface area contributed by atoms with Crippen molar-refractivity contribution in [3.05, 3.63) is 38.9 Å². The number of carbonyl (C=O) groups is 1. The average Bonchev–Trinajstić information content (AvgIpc) is 2.36. The summed E-state index contributed by atoms with van der Waals surface area (Å²) >= 11 is 0. The Hall–Kier alpha value is -2.12. The van der Waals surface area contributed by atoms with Crippen molar-refractivity contribution in [2.45, 2.75) is 39.4 Å². The monoisotopic (exact) mass is 304 g/mol. The van der Waals surface area contributed by atoms with Gasteiger partial charge in [0.05, 0.1) is 10.5 Å². The number of rotatable bonds is 4. The number of amides is 1. The van der Waals surface area contributed by atoms with Crippen molar-refractivity contribution in [3.63, 3.8) is 0 Å². The molecule has 0 heterocycles. The van der Waals surface area contributed by atoms with E-state index in [2.05, 4.69) is 5.32 Å². The van der Waals surface area contributed by atoms with Gasteiger partial charge >= 0.3 is 6.18 Å². The van der Waals surface area contributed by atoms with Crippen molar-refractivity contribution >= 4 is 11.6 Å². The Kier molecular flexibility index (Phi) is 4.93. The zero-order valence-corrected chi connectivity index (χ0v) is 11.7. The molecule has 1 unspecified atom stereocenters. The molecule has 0 fully saturated rings. The largest absolute Gasteiger partial charge is 0.416 e. The van der Waals surface area contributed by atoms with Gasteiger partial charge in [0, 0.05) is 23.2 Å². The maximum Gasteiger partial charge on any atom is 0.416 e. The molecule has 0 aliphatic carbocycles. The number of alkyl halides is 3. The van der Waals surface area contributed by atoms with E-state index in [-0.39, 0.29) is 17.2 Å². The van der Waals surface area contributed by atoms with Crippen LogP contribution in [-0.2, 0) is 6.18 Å². The van der Waals surface area contributed by atoms with Crippen molar-refractivity contribution < 1.29 is 22.9 Å². The van der Waals surface area contributed by atoms with Gasteiger partial charge in [-0.15, -0.1) is 0 Å². The second kappa shape index (κ2) is 6.11. The topological polar surface area (TPSA) is 72.2 Å². The molecule has 1 aromatic carbocycles. The highest BCUT2D eigenvalue weighted by atomic mass is 19.4. The summed E-state index contributed by atoms with van der Waals surface area (Å²) < 4.78 is 38.3. The van der Waals surface area contributed by atoms with E-state index in [1.165, 1.54) is 6.92 Å². The van der Waals surface area contributed by atoms with Gasteiger partial charge in [-0.05, 0) is 26.3 Å². The number of nitrogens with one attached hydrogen (secondary N) is 1. The van der Waals surface area contributed by atoms with E-state index in [1.54, 1.807) is 13.8 Å². The Balaban J connectivity index is 3.40. The Labute approximate surface area is 119 Å². The molecular formula is C13H15F3N2O3. The Morgan fingerprint density at radius 3 is 2.43 bits per heavy atom. The molecule has 116 valence electrons. The van der Waals surface area contributed by atoms with Crippen LogP contribution in [0.2, 0.25) is 0 Å². The maximum atomic E-state index is 12.8. The zero-order chi connectivity index (χ0) is 16.4. The molecule has 1 aromatic rings. The molecule has 0 radical (unpaired) electrons. The van der Waals surface area contributed by atoms with Gasteiger partial charge in [0.25, 0.3) is 11.6 Å². The third-order valence-corrected chi connectivity index (χ3v) is 3.14. The summed E-state index contributed by atoms with van der Waals surface area (Å²) in [5.41, 5.74) is -2.36. The number of benzene rings is 1. The van der Waals surface area contributed by atoms with Crippen LogP contribution < -0.4 is 5.32 Å². The lowest BCUT2D eigenvalue weighted by Crippen LogP contribution is -2.32. The third-order valence-electron chi connectivity index (χ3n) is 3.14. The average molecular weight is 304 g/mol. The minimum atomic E-state index is -4.76. The summed E-state index contributed by atoms with van der Waals surface area (Å²) in [5, 5.41) is 13.4. The zero-order valence-electron chi connectivity index (χ0n) is 11.7. The molecule has 0 saturated carbocycles. The van der Waals surface area contributed by atoms with Gasteiger partial charge in [0.15, 0.2) is 0 Å². The molecule has 0 aromatic heterocycles. The Morgan fingerprint density at radius 2 is 2.00 bits per heavy atom. The van der Waals surface area contributed by atoms with E-state index in [4.69, 9.17) is 0 Å². The van der Waals surface area contributed by atoms with Gasteiger partial charge in [0.2, 0.25) is 0 Å². The van der Waals surface area contributed by atoms with Gasteiger partial charge < -0.3 is 5.32 Å². The third kappa shape index (κ3) is 3.93. The number of halogens is 3. The van der Waals surface area contributed by atoms with Gasteiger partial charge in [-0.25, -0.2) is 0 Å². The minimum Gasteiger partial charge on any atom is -0.350 e. The molecule has 5 nitrogen and oxygen atoms in total. The summed E-state index contributed by atoms with van der Waals surface area (Å²) in [6, 6.07) is 0.834. The fourth-order valence-corrected chi connectivity index (χ4v) is 1.69. The van der Waals surface area contributed by atoms with Crippen LogP contribution in [0.1, 0.15) is 41.8 Å². The first-order chi connectivity index (χ1) is 9.57. The second-order valence-corrected chi connectivity index (χ2v) is 4.71. The maximum absolute atomic E-state index is 12.8. The van der Waals surface area contributed by atoms with E-state index < -0.39 is 28.3 Å². The fraction of sp³-hybridized carbons (Fsp3) is 0.462. The molecule has 1 amide bonds. The molecule has 1 atom stereocenters. The van der Waals surface area contributed by atoms with Crippen molar-refractivity contribution in [1.82, 2.24) is 5.32 Å². The predicted molar refractivity (Wildman–Crippen MR) is 70.1 cm³/mol. The van der Waals surface area contributed by atoms with E-state index in [9.17, 15) is 28.1 Å². The first kappa shape index (κ1) is 16.9. The second-order valence-electron chi connectivity index (χ2n) is 4.71. The molecule has 21 heavy (non-hydrogen) atoms. The molecule has 0 aliphatic rings. The molecule has 0 aliphatic heterocycles. The van der Waals surface area contributed by atoms with Crippen molar-refractivity contribution in [3.8, 4) is 0 Å². The van der Waals surface area contributed by atoms with Crippen LogP contribution in [0.5, 0.6) is 0 Å². The number of carbonyl (C=O) groups excluding carboxylic acids is 1. The summed E-state index contributed by atoms with van der Waals surface area (Å²) in [6.45, 7) is 4.74. The van der Waals surface area contributed by atoms with Crippen molar-refractivity contribution in [2.75, 3.05) is 0 Å². The Morgan fingerprint density at radius 1 is 1.43 bits per heavy atom. The lowest BCUT2D eigenvalue weighted by molar-refractivity contribution is -0.385. The molecule has 0 bridgehead atoms. The lowest BCUT2D eigenvalue weighted by Gasteiger charge is -2.15. The van der Waals surface area contributed by atoms with Crippen LogP contribution in [0.3, 0.4) is 0 Å². The van der Waals surface area contributed by atoms with Crippen LogP contribution >= 0.6 is 0 Å². The smallest absolute Gasteiger partial charge is 0.350 e. The highest BCUT2D eigenvalue weighted by Crippen LogP contribution is 2.34. The normalized spacial score (nSPS) is 12.9.